The van der Waals surface area contributed by atoms with E-state index in [9.17, 15) is 9.59 Å². The van der Waals surface area contributed by atoms with Crippen LogP contribution in [0.4, 0.5) is 0 Å². The number of Topliss-reactive ketones (excluding diaryl/α,β-unsaturated/α-hetero) is 1. The van der Waals surface area contributed by atoms with E-state index >= 15 is 0 Å². The predicted molar refractivity (Wildman–Crippen MR) is 77.0 cm³/mol. The van der Waals surface area contributed by atoms with Crippen LogP contribution < -0.4 is 0 Å². The molecule has 4 nitrogen and oxygen atoms in total. The van der Waals surface area contributed by atoms with E-state index in [0.29, 0.717) is 31.9 Å². The van der Waals surface area contributed by atoms with Crippen LogP contribution in [0.15, 0.2) is 12.1 Å². The largest absolute Gasteiger partial charge is 0.378 e. The van der Waals surface area contributed by atoms with Gasteiger partial charge >= 0.3 is 0 Å². The number of aryl methyl sites for hydroxylation is 3. The van der Waals surface area contributed by atoms with Crippen molar-refractivity contribution in [3.8, 4) is 0 Å². The van der Waals surface area contributed by atoms with Gasteiger partial charge in [-0.1, -0.05) is 17.7 Å². The fraction of sp³-hybridized carbons (Fsp3) is 0.500. The van der Waals surface area contributed by atoms with Crippen LogP contribution in [0.5, 0.6) is 0 Å². The van der Waals surface area contributed by atoms with E-state index in [0.717, 1.165) is 16.7 Å². The molecule has 0 atom stereocenters. The highest BCUT2D eigenvalue weighted by atomic mass is 16.5. The Morgan fingerprint density at radius 1 is 1.10 bits per heavy atom. The fourth-order valence-electron chi connectivity index (χ4n) is 2.77. The minimum atomic E-state index is -0.0994. The highest BCUT2D eigenvalue weighted by molar-refractivity contribution is 6.08. The molecule has 0 spiro atoms. The SMILES string of the molecule is Cc1cc(C)c(C(=O)CC(=O)N2CCOCC2)c(C)c1. The number of hydrogen-bond acceptors (Lipinski definition) is 3. The first-order chi connectivity index (χ1) is 9.49. The number of amides is 1. The summed E-state index contributed by atoms with van der Waals surface area (Å²) >= 11 is 0. The molecule has 0 aromatic heterocycles. The van der Waals surface area contributed by atoms with Crippen molar-refractivity contribution in [1.29, 1.82) is 0 Å². The van der Waals surface area contributed by atoms with Crippen LogP contribution in [0, 0.1) is 20.8 Å². The van der Waals surface area contributed by atoms with Gasteiger partial charge in [0.05, 0.1) is 19.6 Å². The number of ketones is 1. The normalized spacial score (nSPS) is 15.2. The fourth-order valence-corrected chi connectivity index (χ4v) is 2.77. The Morgan fingerprint density at radius 2 is 1.65 bits per heavy atom. The first-order valence-electron chi connectivity index (χ1n) is 6.95. The molecule has 0 aliphatic carbocycles. The lowest BCUT2D eigenvalue weighted by molar-refractivity contribution is -0.134. The molecule has 2 rings (SSSR count). The molecule has 0 radical (unpaired) electrons. The molecule has 1 aromatic rings. The molecule has 0 saturated carbocycles. The summed E-state index contributed by atoms with van der Waals surface area (Å²) in [5.41, 5.74) is 3.72. The number of hydrogen-bond donors (Lipinski definition) is 0. The lowest BCUT2D eigenvalue weighted by Crippen LogP contribution is -2.41. The topological polar surface area (TPSA) is 46.6 Å². The maximum absolute atomic E-state index is 12.4. The van der Waals surface area contributed by atoms with Crippen molar-refractivity contribution in [3.63, 3.8) is 0 Å². The summed E-state index contributed by atoms with van der Waals surface area (Å²) in [7, 11) is 0. The van der Waals surface area contributed by atoms with Gasteiger partial charge in [0, 0.05) is 18.7 Å². The first-order valence-corrected chi connectivity index (χ1v) is 6.95. The maximum Gasteiger partial charge on any atom is 0.230 e. The molecule has 108 valence electrons. The van der Waals surface area contributed by atoms with Crippen molar-refractivity contribution in [2.24, 2.45) is 0 Å². The third-order valence-electron chi connectivity index (χ3n) is 3.63. The summed E-state index contributed by atoms with van der Waals surface area (Å²) in [6.45, 7) is 8.13. The summed E-state index contributed by atoms with van der Waals surface area (Å²) in [6, 6.07) is 3.97. The molecule has 1 aliphatic heterocycles. The second kappa shape index (κ2) is 6.18. The van der Waals surface area contributed by atoms with Crippen molar-refractivity contribution in [3.05, 3.63) is 34.4 Å². The lowest BCUT2D eigenvalue weighted by Gasteiger charge is -2.26. The van der Waals surface area contributed by atoms with Crippen LogP contribution in [0.25, 0.3) is 0 Å². The average molecular weight is 275 g/mol. The van der Waals surface area contributed by atoms with Crippen LogP contribution in [0.3, 0.4) is 0 Å². The summed E-state index contributed by atoms with van der Waals surface area (Å²) in [5, 5.41) is 0. The van der Waals surface area contributed by atoms with Gasteiger partial charge in [-0.25, -0.2) is 0 Å². The predicted octanol–water partition coefficient (Wildman–Crippen LogP) is 2.04. The standard InChI is InChI=1S/C16H21NO3/c1-11-8-12(2)16(13(3)9-11)14(18)10-15(19)17-4-6-20-7-5-17/h8-9H,4-7,10H2,1-3H3. The van der Waals surface area contributed by atoms with Crippen molar-refractivity contribution < 1.29 is 14.3 Å². The summed E-state index contributed by atoms with van der Waals surface area (Å²) in [4.78, 5) is 26.2. The quantitative estimate of drug-likeness (QED) is 0.626. The van der Waals surface area contributed by atoms with Gasteiger partial charge in [-0.15, -0.1) is 0 Å². The molecule has 20 heavy (non-hydrogen) atoms. The molecular weight excluding hydrogens is 254 g/mol. The van der Waals surface area contributed by atoms with Gasteiger partial charge < -0.3 is 9.64 Å². The molecule has 4 heteroatoms. The highest BCUT2D eigenvalue weighted by Crippen LogP contribution is 2.18. The van der Waals surface area contributed by atoms with E-state index < -0.39 is 0 Å². The second-order valence-corrected chi connectivity index (χ2v) is 5.37. The monoisotopic (exact) mass is 275 g/mol. The molecule has 1 amide bonds. The first kappa shape index (κ1) is 14.7. The zero-order valence-electron chi connectivity index (χ0n) is 12.4. The molecule has 1 saturated heterocycles. The van der Waals surface area contributed by atoms with E-state index in [1.807, 2.05) is 32.9 Å². The Hall–Kier alpha value is -1.68. The number of rotatable bonds is 3. The molecule has 0 N–H and O–H groups in total. The van der Waals surface area contributed by atoms with Crippen LogP contribution in [-0.4, -0.2) is 42.9 Å². The smallest absolute Gasteiger partial charge is 0.230 e. The Labute approximate surface area is 119 Å². The van der Waals surface area contributed by atoms with Crippen LogP contribution in [0.2, 0.25) is 0 Å². The van der Waals surface area contributed by atoms with E-state index in [-0.39, 0.29) is 18.1 Å². The minimum Gasteiger partial charge on any atom is -0.378 e. The third-order valence-corrected chi connectivity index (χ3v) is 3.63. The molecule has 1 aromatic carbocycles. The van der Waals surface area contributed by atoms with Gasteiger partial charge in [0.2, 0.25) is 5.91 Å². The molecule has 1 fully saturated rings. The Bertz CT molecular complexity index is 508. The van der Waals surface area contributed by atoms with Crippen LogP contribution in [-0.2, 0) is 9.53 Å². The summed E-state index contributed by atoms with van der Waals surface area (Å²) in [5.74, 6) is -0.186. The van der Waals surface area contributed by atoms with E-state index in [1.54, 1.807) is 4.90 Å². The maximum atomic E-state index is 12.4. The second-order valence-electron chi connectivity index (χ2n) is 5.37. The van der Waals surface area contributed by atoms with Crippen LogP contribution >= 0.6 is 0 Å². The van der Waals surface area contributed by atoms with Crippen molar-refractivity contribution >= 4 is 11.7 Å². The van der Waals surface area contributed by atoms with Crippen molar-refractivity contribution in [2.45, 2.75) is 27.2 Å². The molecule has 1 aliphatic rings. The lowest BCUT2D eigenvalue weighted by atomic mass is 9.95. The zero-order chi connectivity index (χ0) is 14.7. The van der Waals surface area contributed by atoms with Gasteiger partial charge in [0.15, 0.2) is 5.78 Å². The van der Waals surface area contributed by atoms with Gasteiger partial charge in [-0.3, -0.25) is 9.59 Å². The summed E-state index contributed by atoms with van der Waals surface area (Å²) in [6.07, 6.45) is -0.0509. The van der Waals surface area contributed by atoms with Crippen LogP contribution in [0.1, 0.15) is 33.5 Å². The number of nitrogens with zero attached hydrogens (tertiary/aromatic N) is 1. The summed E-state index contributed by atoms with van der Waals surface area (Å²) < 4.78 is 5.21. The molecule has 0 bridgehead atoms. The number of ether oxygens (including phenoxy) is 1. The van der Waals surface area contributed by atoms with Gasteiger partial charge in [0.25, 0.3) is 0 Å². The van der Waals surface area contributed by atoms with Crippen molar-refractivity contribution in [1.82, 2.24) is 4.90 Å². The molecule has 0 unspecified atom stereocenters. The number of carbonyl (C=O) groups is 2. The van der Waals surface area contributed by atoms with Gasteiger partial charge in [0.1, 0.15) is 0 Å². The Balaban J connectivity index is 2.10. The molecular formula is C16H21NO3. The van der Waals surface area contributed by atoms with E-state index in [1.165, 1.54) is 0 Å². The molecule has 1 heterocycles. The van der Waals surface area contributed by atoms with E-state index in [2.05, 4.69) is 0 Å². The number of morpholine rings is 1. The number of carbonyl (C=O) groups excluding carboxylic acids is 2. The average Bonchev–Trinajstić information content (AvgIpc) is 2.38. The van der Waals surface area contributed by atoms with Crippen molar-refractivity contribution in [2.75, 3.05) is 26.3 Å². The Morgan fingerprint density at radius 3 is 2.20 bits per heavy atom. The van der Waals surface area contributed by atoms with E-state index in [4.69, 9.17) is 4.74 Å². The third kappa shape index (κ3) is 3.25. The minimum absolute atomic E-state index is 0.0509. The zero-order valence-corrected chi connectivity index (χ0v) is 12.4. The Kier molecular flexibility index (Phi) is 4.55. The van der Waals surface area contributed by atoms with Gasteiger partial charge in [-0.2, -0.15) is 0 Å². The highest BCUT2D eigenvalue weighted by Gasteiger charge is 2.22. The van der Waals surface area contributed by atoms with Gasteiger partial charge in [-0.05, 0) is 31.9 Å². The number of benzene rings is 1.